The topological polar surface area (TPSA) is 52.7 Å². The fourth-order valence-corrected chi connectivity index (χ4v) is 4.07. The standard InChI is InChI=1S/C16H27N3O2/c1-11-12(2)18(8-7-17-11)16(21)13-9-15(20)19(10-13)14-5-3-4-6-14/h11-14,17H,3-10H2,1-2H3. The Labute approximate surface area is 127 Å². The van der Waals surface area contributed by atoms with Gasteiger partial charge in [0.15, 0.2) is 0 Å². The largest absolute Gasteiger partial charge is 0.339 e. The molecule has 0 spiro atoms. The Bertz CT molecular complexity index is 420. The van der Waals surface area contributed by atoms with Gasteiger partial charge in [-0.1, -0.05) is 12.8 Å². The van der Waals surface area contributed by atoms with Gasteiger partial charge >= 0.3 is 0 Å². The van der Waals surface area contributed by atoms with Crippen LogP contribution in [0.1, 0.15) is 46.0 Å². The summed E-state index contributed by atoms with van der Waals surface area (Å²) in [6, 6.07) is 0.933. The molecular formula is C16H27N3O2. The van der Waals surface area contributed by atoms with Crippen LogP contribution in [0.15, 0.2) is 0 Å². The fourth-order valence-electron chi connectivity index (χ4n) is 4.07. The first-order valence-electron chi connectivity index (χ1n) is 8.41. The lowest BCUT2D eigenvalue weighted by Crippen LogP contribution is -2.58. The molecule has 21 heavy (non-hydrogen) atoms. The Balaban J connectivity index is 1.64. The van der Waals surface area contributed by atoms with E-state index in [1.54, 1.807) is 0 Å². The number of likely N-dealkylation sites (tertiary alicyclic amines) is 1. The number of nitrogens with one attached hydrogen (secondary N) is 1. The molecule has 0 aromatic rings. The summed E-state index contributed by atoms with van der Waals surface area (Å²) < 4.78 is 0. The average Bonchev–Trinajstić information content (AvgIpc) is 3.10. The highest BCUT2D eigenvalue weighted by Crippen LogP contribution is 2.30. The third-order valence-electron chi connectivity index (χ3n) is 5.59. The van der Waals surface area contributed by atoms with Crippen LogP contribution in [0.4, 0.5) is 0 Å². The molecule has 0 aromatic carbocycles. The van der Waals surface area contributed by atoms with Crippen molar-refractivity contribution in [3.8, 4) is 0 Å². The normalized spacial score (nSPS) is 34.8. The van der Waals surface area contributed by atoms with Crippen LogP contribution in [-0.2, 0) is 9.59 Å². The highest BCUT2D eigenvalue weighted by atomic mass is 16.2. The Morgan fingerprint density at radius 1 is 1.24 bits per heavy atom. The van der Waals surface area contributed by atoms with Gasteiger partial charge in [0.25, 0.3) is 0 Å². The summed E-state index contributed by atoms with van der Waals surface area (Å²) in [5.74, 6) is 0.256. The van der Waals surface area contributed by atoms with Crippen LogP contribution in [0.3, 0.4) is 0 Å². The van der Waals surface area contributed by atoms with E-state index in [1.807, 2.05) is 9.80 Å². The quantitative estimate of drug-likeness (QED) is 0.826. The van der Waals surface area contributed by atoms with Gasteiger partial charge in [-0.2, -0.15) is 0 Å². The maximum Gasteiger partial charge on any atom is 0.228 e. The van der Waals surface area contributed by atoms with Gasteiger partial charge in [-0.25, -0.2) is 0 Å². The number of nitrogens with zero attached hydrogens (tertiary/aromatic N) is 2. The van der Waals surface area contributed by atoms with Crippen LogP contribution in [0.2, 0.25) is 0 Å². The summed E-state index contributed by atoms with van der Waals surface area (Å²) in [6.45, 7) is 6.48. The molecule has 0 radical (unpaired) electrons. The van der Waals surface area contributed by atoms with Crippen molar-refractivity contribution in [3.05, 3.63) is 0 Å². The van der Waals surface area contributed by atoms with Crippen LogP contribution >= 0.6 is 0 Å². The first-order valence-corrected chi connectivity index (χ1v) is 8.41. The van der Waals surface area contributed by atoms with Crippen LogP contribution in [0.25, 0.3) is 0 Å². The Morgan fingerprint density at radius 3 is 2.67 bits per heavy atom. The van der Waals surface area contributed by atoms with E-state index in [0.29, 0.717) is 25.0 Å². The number of amides is 2. The molecule has 5 heteroatoms. The van der Waals surface area contributed by atoms with Gasteiger partial charge in [0, 0.05) is 44.2 Å². The first kappa shape index (κ1) is 14.8. The van der Waals surface area contributed by atoms with E-state index >= 15 is 0 Å². The van der Waals surface area contributed by atoms with Crippen LogP contribution in [-0.4, -0.2) is 59.4 Å². The van der Waals surface area contributed by atoms with E-state index in [-0.39, 0.29) is 23.8 Å². The Morgan fingerprint density at radius 2 is 1.95 bits per heavy atom. The highest BCUT2D eigenvalue weighted by Gasteiger charge is 2.41. The molecule has 2 heterocycles. The molecule has 3 atom stereocenters. The van der Waals surface area contributed by atoms with Crippen molar-refractivity contribution in [2.75, 3.05) is 19.6 Å². The number of rotatable bonds is 2. The van der Waals surface area contributed by atoms with Crippen LogP contribution < -0.4 is 5.32 Å². The third kappa shape index (κ3) is 2.80. The molecule has 0 aromatic heterocycles. The smallest absolute Gasteiger partial charge is 0.228 e. The SMILES string of the molecule is CC1NCCN(C(=O)C2CC(=O)N(C3CCCC3)C2)C1C. The molecule has 118 valence electrons. The van der Waals surface area contributed by atoms with Gasteiger partial charge in [0.05, 0.1) is 5.92 Å². The van der Waals surface area contributed by atoms with Crippen molar-refractivity contribution in [2.45, 2.75) is 64.1 Å². The number of hydrogen-bond acceptors (Lipinski definition) is 3. The van der Waals surface area contributed by atoms with Crippen LogP contribution in [0.5, 0.6) is 0 Å². The lowest BCUT2D eigenvalue weighted by atomic mass is 10.0. The van der Waals surface area contributed by atoms with Crippen molar-refractivity contribution in [1.29, 1.82) is 0 Å². The Hall–Kier alpha value is -1.10. The second-order valence-electron chi connectivity index (χ2n) is 6.90. The molecule has 3 fully saturated rings. The predicted octanol–water partition coefficient (Wildman–Crippen LogP) is 0.986. The van der Waals surface area contributed by atoms with Gasteiger partial charge in [0.1, 0.15) is 0 Å². The second kappa shape index (κ2) is 5.95. The zero-order valence-electron chi connectivity index (χ0n) is 13.2. The Kier molecular flexibility index (Phi) is 4.20. The van der Waals surface area contributed by atoms with E-state index in [1.165, 1.54) is 12.8 Å². The van der Waals surface area contributed by atoms with Crippen molar-refractivity contribution in [2.24, 2.45) is 5.92 Å². The highest BCUT2D eigenvalue weighted by molar-refractivity contribution is 5.89. The maximum absolute atomic E-state index is 12.8. The number of hydrogen-bond donors (Lipinski definition) is 1. The summed E-state index contributed by atoms with van der Waals surface area (Å²) in [5, 5.41) is 3.40. The molecule has 1 N–H and O–H groups in total. The minimum absolute atomic E-state index is 0.120. The molecule has 1 aliphatic carbocycles. The zero-order chi connectivity index (χ0) is 15.0. The average molecular weight is 293 g/mol. The lowest BCUT2D eigenvalue weighted by molar-refractivity contribution is -0.139. The molecule has 5 nitrogen and oxygen atoms in total. The lowest BCUT2D eigenvalue weighted by Gasteiger charge is -2.39. The number of carbonyl (C=O) groups is 2. The van der Waals surface area contributed by atoms with Crippen molar-refractivity contribution in [1.82, 2.24) is 15.1 Å². The van der Waals surface area contributed by atoms with E-state index in [0.717, 1.165) is 25.9 Å². The molecule has 0 bridgehead atoms. The van der Waals surface area contributed by atoms with Crippen LogP contribution in [0, 0.1) is 5.92 Å². The predicted molar refractivity (Wildman–Crippen MR) is 80.7 cm³/mol. The van der Waals surface area contributed by atoms with Crippen molar-refractivity contribution >= 4 is 11.8 Å². The molecule has 1 saturated carbocycles. The zero-order valence-corrected chi connectivity index (χ0v) is 13.2. The summed E-state index contributed by atoms with van der Waals surface area (Å²) in [5.41, 5.74) is 0. The van der Waals surface area contributed by atoms with E-state index in [2.05, 4.69) is 19.2 Å². The molecular weight excluding hydrogens is 266 g/mol. The third-order valence-corrected chi connectivity index (χ3v) is 5.59. The van der Waals surface area contributed by atoms with E-state index in [4.69, 9.17) is 0 Å². The first-order chi connectivity index (χ1) is 10.1. The summed E-state index contributed by atoms with van der Waals surface area (Å²) in [7, 11) is 0. The van der Waals surface area contributed by atoms with Gasteiger partial charge in [-0.05, 0) is 26.7 Å². The number of piperazine rings is 1. The maximum atomic E-state index is 12.8. The fraction of sp³-hybridized carbons (Fsp3) is 0.875. The molecule has 3 aliphatic rings. The summed E-state index contributed by atoms with van der Waals surface area (Å²) in [4.78, 5) is 29.0. The molecule has 2 aliphatic heterocycles. The summed E-state index contributed by atoms with van der Waals surface area (Å²) >= 11 is 0. The monoisotopic (exact) mass is 293 g/mol. The van der Waals surface area contributed by atoms with E-state index < -0.39 is 0 Å². The van der Waals surface area contributed by atoms with Gasteiger partial charge in [-0.3, -0.25) is 9.59 Å². The minimum Gasteiger partial charge on any atom is -0.339 e. The van der Waals surface area contributed by atoms with Crippen molar-refractivity contribution < 1.29 is 9.59 Å². The summed E-state index contributed by atoms with van der Waals surface area (Å²) in [6.07, 6.45) is 5.10. The van der Waals surface area contributed by atoms with Gasteiger partial charge < -0.3 is 15.1 Å². The number of carbonyl (C=O) groups excluding carboxylic acids is 2. The molecule has 2 amide bonds. The van der Waals surface area contributed by atoms with Gasteiger partial charge in [0.2, 0.25) is 11.8 Å². The second-order valence-corrected chi connectivity index (χ2v) is 6.90. The molecule has 3 rings (SSSR count). The minimum atomic E-state index is -0.120. The van der Waals surface area contributed by atoms with E-state index in [9.17, 15) is 9.59 Å². The van der Waals surface area contributed by atoms with Gasteiger partial charge in [-0.15, -0.1) is 0 Å². The molecule has 2 saturated heterocycles. The van der Waals surface area contributed by atoms with Crippen molar-refractivity contribution in [3.63, 3.8) is 0 Å². The molecule has 3 unspecified atom stereocenters.